The number of thioether (sulfide) groups is 1. The van der Waals surface area contributed by atoms with E-state index in [1.165, 1.54) is 0 Å². The Kier molecular flexibility index (Phi) is 5.88. The molecule has 0 saturated carbocycles. The van der Waals surface area contributed by atoms with Gasteiger partial charge in [-0.25, -0.2) is 0 Å². The van der Waals surface area contributed by atoms with Gasteiger partial charge in [0.2, 0.25) is 5.91 Å². The zero-order chi connectivity index (χ0) is 14.4. The van der Waals surface area contributed by atoms with Gasteiger partial charge in [-0.3, -0.25) is 4.79 Å². The van der Waals surface area contributed by atoms with Crippen molar-refractivity contribution in [1.82, 2.24) is 4.90 Å². The maximum atomic E-state index is 12.7. The fourth-order valence-corrected chi connectivity index (χ4v) is 3.64. The summed E-state index contributed by atoms with van der Waals surface area (Å²) in [6.07, 6.45) is 1.04. The van der Waals surface area contributed by atoms with Gasteiger partial charge < -0.3 is 15.4 Å². The van der Waals surface area contributed by atoms with E-state index < -0.39 is 6.04 Å². The second-order valence-electron chi connectivity index (χ2n) is 4.93. The summed E-state index contributed by atoms with van der Waals surface area (Å²) in [7, 11) is 1.66. The molecule has 1 unspecified atom stereocenters. The van der Waals surface area contributed by atoms with Gasteiger partial charge in [-0.1, -0.05) is 30.3 Å². The molecule has 5 heteroatoms. The lowest BCUT2D eigenvalue weighted by Crippen LogP contribution is -2.46. The van der Waals surface area contributed by atoms with Crippen LogP contribution in [0.15, 0.2) is 30.3 Å². The first-order valence-electron chi connectivity index (χ1n) is 6.91. The highest BCUT2D eigenvalue weighted by atomic mass is 32.2. The van der Waals surface area contributed by atoms with Crippen molar-refractivity contribution < 1.29 is 9.53 Å². The number of hydrogen-bond donors (Lipinski definition) is 1. The van der Waals surface area contributed by atoms with Crippen LogP contribution in [0, 0.1) is 0 Å². The van der Waals surface area contributed by atoms with Crippen LogP contribution in [-0.2, 0) is 9.53 Å². The molecule has 1 amide bonds. The van der Waals surface area contributed by atoms with E-state index in [0.717, 1.165) is 23.5 Å². The predicted octanol–water partition coefficient (Wildman–Crippen LogP) is 1.67. The van der Waals surface area contributed by atoms with Crippen LogP contribution in [-0.4, -0.2) is 48.6 Å². The van der Waals surface area contributed by atoms with Crippen molar-refractivity contribution in [3.05, 3.63) is 35.9 Å². The van der Waals surface area contributed by atoms with E-state index >= 15 is 0 Å². The van der Waals surface area contributed by atoms with Crippen molar-refractivity contribution in [2.24, 2.45) is 5.73 Å². The molecule has 2 atom stereocenters. The third-order valence-electron chi connectivity index (χ3n) is 3.59. The van der Waals surface area contributed by atoms with Crippen LogP contribution < -0.4 is 5.73 Å². The number of carbonyl (C=O) groups is 1. The lowest BCUT2D eigenvalue weighted by molar-refractivity contribution is -0.135. The first-order valence-corrected chi connectivity index (χ1v) is 8.07. The number of carbonyl (C=O) groups excluding carboxylic acids is 1. The number of benzene rings is 1. The second kappa shape index (κ2) is 7.67. The average Bonchev–Trinajstić information content (AvgIpc) is 3.01. The van der Waals surface area contributed by atoms with Crippen molar-refractivity contribution in [3.63, 3.8) is 0 Å². The number of rotatable bonds is 6. The molecule has 0 bridgehead atoms. The first-order chi connectivity index (χ1) is 9.74. The molecule has 1 aliphatic rings. The molecule has 2 N–H and O–H groups in total. The Morgan fingerprint density at radius 2 is 2.25 bits per heavy atom. The molecule has 20 heavy (non-hydrogen) atoms. The number of ether oxygens (including phenoxy) is 1. The van der Waals surface area contributed by atoms with E-state index in [4.69, 9.17) is 10.5 Å². The van der Waals surface area contributed by atoms with Crippen molar-refractivity contribution in [3.8, 4) is 0 Å². The Bertz CT molecular complexity index is 421. The van der Waals surface area contributed by atoms with Gasteiger partial charge in [-0.15, -0.1) is 0 Å². The number of amides is 1. The predicted molar refractivity (Wildman–Crippen MR) is 82.7 cm³/mol. The van der Waals surface area contributed by atoms with Gasteiger partial charge in [-0.2, -0.15) is 11.8 Å². The lowest BCUT2D eigenvalue weighted by Gasteiger charge is -2.30. The monoisotopic (exact) mass is 294 g/mol. The molecular weight excluding hydrogens is 272 g/mol. The lowest BCUT2D eigenvalue weighted by atomic mass is 10.1. The van der Waals surface area contributed by atoms with Crippen LogP contribution in [0.25, 0.3) is 0 Å². The van der Waals surface area contributed by atoms with Crippen molar-refractivity contribution in [2.75, 3.05) is 31.8 Å². The minimum absolute atomic E-state index is 0.000694. The smallest absolute Gasteiger partial charge is 0.244 e. The zero-order valence-electron chi connectivity index (χ0n) is 11.8. The van der Waals surface area contributed by atoms with Crippen LogP contribution >= 0.6 is 11.8 Å². The molecule has 0 radical (unpaired) electrons. The molecule has 1 heterocycles. The van der Waals surface area contributed by atoms with E-state index in [9.17, 15) is 4.79 Å². The van der Waals surface area contributed by atoms with Crippen molar-refractivity contribution in [1.29, 1.82) is 0 Å². The zero-order valence-corrected chi connectivity index (χ0v) is 12.6. The Hall–Kier alpha value is -1.04. The van der Waals surface area contributed by atoms with Gasteiger partial charge >= 0.3 is 0 Å². The number of hydrogen-bond acceptors (Lipinski definition) is 4. The molecular formula is C15H22N2O2S. The van der Waals surface area contributed by atoms with Crippen LogP contribution in [0.5, 0.6) is 0 Å². The fourth-order valence-electron chi connectivity index (χ4n) is 2.41. The van der Waals surface area contributed by atoms with Gasteiger partial charge in [0, 0.05) is 25.4 Å². The molecule has 110 valence electrons. The van der Waals surface area contributed by atoms with Crippen molar-refractivity contribution >= 4 is 17.7 Å². The number of nitrogens with two attached hydrogens (primary N) is 1. The minimum Gasteiger partial charge on any atom is -0.383 e. The first kappa shape index (κ1) is 15.4. The highest BCUT2D eigenvalue weighted by Gasteiger charge is 2.30. The van der Waals surface area contributed by atoms with Gasteiger partial charge in [0.15, 0.2) is 0 Å². The molecule has 1 fully saturated rings. The van der Waals surface area contributed by atoms with Gasteiger partial charge in [0.1, 0.15) is 6.04 Å². The van der Waals surface area contributed by atoms with E-state index in [-0.39, 0.29) is 11.9 Å². The molecule has 1 saturated heterocycles. The largest absolute Gasteiger partial charge is 0.383 e. The summed E-state index contributed by atoms with van der Waals surface area (Å²) < 4.78 is 5.13. The Labute approximate surface area is 124 Å². The highest BCUT2D eigenvalue weighted by Crippen LogP contribution is 2.24. The fraction of sp³-hybridized carbons (Fsp3) is 0.533. The second-order valence-corrected chi connectivity index (χ2v) is 6.08. The summed E-state index contributed by atoms with van der Waals surface area (Å²) in [5, 5.41) is 0. The summed E-state index contributed by atoms with van der Waals surface area (Å²) in [6.45, 7) is 1.16. The molecule has 1 aromatic rings. The third-order valence-corrected chi connectivity index (χ3v) is 4.74. The number of nitrogens with zero attached hydrogens (tertiary/aromatic N) is 1. The Balaban J connectivity index is 2.08. The normalized spacial score (nSPS) is 19.8. The SMILES string of the molecule is COCCN(C(=O)[C@@H](N)c1ccccc1)C1CCSC1. The molecule has 4 nitrogen and oxygen atoms in total. The van der Waals surface area contributed by atoms with E-state index in [2.05, 4.69) is 0 Å². The van der Waals surface area contributed by atoms with Crippen LogP contribution in [0.4, 0.5) is 0 Å². The van der Waals surface area contributed by atoms with Crippen LogP contribution in [0.3, 0.4) is 0 Å². The van der Waals surface area contributed by atoms with Gasteiger partial charge in [-0.05, 0) is 17.7 Å². The van der Waals surface area contributed by atoms with Gasteiger partial charge in [0.05, 0.1) is 6.61 Å². The van der Waals surface area contributed by atoms with E-state index in [1.54, 1.807) is 7.11 Å². The van der Waals surface area contributed by atoms with Crippen LogP contribution in [0.1, 0.15) is 18.0 Å². The third kappa shape index (κ3) is 3.75. The topological polar surface area (TPSA) is 55.6 Å². The van der Waals surface area contributed by atoms with Crippen LogP contribution in [0.2, 0.25) is 0 Å². The summed E-state index contributed by atoms with van der Waals surface area (Å²) in [5.74, 6) is 2.11. The highest BCUT2D eigenvalue weighted by molar-refractivity contribution is 7.99. The molecule has 0 aliphatic carbocycles. The summed E-state index contributed by atoms with van der Waals surface area (Å²) in [6, 6.07) is 9.26. The van der Waals surface area contributed by atoms with E-state index in [1.807, 2.05) is 47.0 Å². The average molecular weight is 294 g/mol. The standard InChI is InChI=1S/C15H22N2O2S/c1-19-9-8-17(13-7-10-20-11-13)15(18)14(16)12-5-3-2-4-6-12/h2-6,13-14H,7-11,16H2,1H3/t13?,14-/m0/s1. The Morgan fingerprint density at radius 1 is 1.50 bits per heavy atom. The molecule has 1 aliphatic heterocycles. The quantitative estimate of drug-likeness (QED) is 0.867. The summed E-state index contributed by atoms with van der Waals surface area (Å²) >= 11 is 1.89. The Morgan fingerprint density at radius 3 is 2.85 bits per heavy atom. The molecule has 0 aromatic heterocycles. The van der Waals surface area contributed by atoms with Crippen molar-refractivity contribution in [2.45, 2.75) is 18.5 Å². The summed E-state index contributed by atoms with van der Waals surface area (Å²) in [5.41, 5.74) is 7.01. The molecule has 0 spiro atoms. The summed E-state index contributed by atoms with van der Waals surface area (Å²) in [4.78, 5) is 14.6. The van der Waals surface area contributed by atoms with E-state index in [0.29, 0.717) is 13.2 Å². The van der Waals surface area contributed by atoms with Gasteiger partial charge in [0.25, 0.3) is 0 Å². The minimum atomic E-state index is -0.585. The maximum absolute atomic E-state index is 12.7. The number of methoxy groups -OCH3 is 1. The molecule has 2 rings (SSSR count). The molecule has 1 aromatic carbocycles. The maximum Gasteiger partial charge on any atom is 0.244 e.